The largest absolute Gasteiger partial charge is 0.465 e. The van der Waals surface area contributed by atoms with Crippen molar-refractivity contribution in [2.75, 3.05) is 13.2 Å². The molecule has 0 spiro atoms. The van der Waals surface area contributed by atoms with Crippen LogP contribution in [0, 0.1) is 51.8 Å². The molecule has 4 aliphatic carbocycles. The molecule has 0 amide bonds. The van der Waals surface area contributed by atoms with E-state index in [1.807, 2.05) is 20.8 Å². The molecule has 0 heterocycles. The molecular formula is C31H56O5. The van der Waals surface area contributed by atoms with Gasteiger partial charge in [0.2, 0.25) is 0 Å². The van der Waals surface area contributed by atoms with Crippen LogP contribution in [0.2, 0.25) is 0 Å². The predicted octanol–water partition coefficient (Wildman–Crippen LogP) is 5.98. The van der Waals surface area contributed by atoms with Gasteiger partial charge in [-0.05, 0) is 118 Å². The first-order valence-electron chi connectivity index (χ1n) is 14.9. The lowest BCUT2D eigenvalue weighted by Gasteiger charge is -2.45. The van der Waals surface area contributed by atoms with E-state index in [4.69, 9.17) is 4.74 Å². The third kappa shape index (κ3) is 5.99. The molecule has 0 aromatic carbocycles. The van der Waals surface area contributed by atoms with Crippen LogP contribution in [0.15, 0.2) is 0 Å². The molecule has 5 nitrogen and oxygen atoms in total. The van der Waals surface area contributed by atoms with Gasteiger partial charge < -0.3 is 20.1 Å². The van der Waals surface area contributed by atoms with Crippen LogP contribution in [0.25, 0.3) is 0 Å². The van der Waals surface area contributed by atoms with E-state index in [-0.39, 0.29) is 23.6 Å². The fourth-order valence-corrected chi connectivity index (χ4v) is 8.92. The van der Waals surface area contributed by atoms with Crippen molar-refractivity contribution >= 4 is 5.97 Å². The van der Waals surface area contributed by atoms with Crippen LogP contribution < -0.4 is 0 Å². The summed E-state index contributed by atoms with van der Waals surface area (Å²) in [5, 5.41) is 29.6. The summed E-state index contributed by atoms with van der Waals surface area (Å²) >= 11 is 0. The van der Waals surface area contributed by atoms with Gasteiger partial charge in [0.05, 0.1) is 24.2 Å². The number of aliphatic hydroxyl groups excluding tert-OH is 3. The highest BCUT2D eigenvalue weighted by Gasteiger charge is 2.53. The van der Waals surface area contributed by atoms with E-state index in [9.17, 15) is 20.1 Å². The highest BCUT2D eigenvalue weighted by molar-refractivity contribution is 5.75. The molecule has 0 radical (unpaired) electrons. The normalized spacial score (nSPS) is 41.9. The molecule has 0 aromatic heterocycles. The first-order chi connectivity index (χ1) is 16.8. The van der Waals surface area contributed by atoms with Crippen molar-refractivity contribution in [1.29, 1.82) is 0 Å². The second-order valence-electron chi connectivity index (χ2n) is 14.5. The minimum absolute atomic E-state index is 0.0837. The van der Waals surface area contributed by atoms with Gasteiger partial charge in [-0.25, -0.2) is 0 Å². The maximum absolute atomic E-state index is 11.9. The van der Waals surface area contributed by atoms with Gasteiger partial charge in [0.1, 0.15) is 0 Å². The second kappa shape index (κ2) is 11.6. The van der Waals surface area contributed by atoms with Gasteiger partial charge in [0.25, 0.3) is 0 Å². The molecule has 4 saturated carbocycles. The maximum Gasteiger partial charge on any atom is 0.311 e. The van der Waals surface area contributed by atoms with Crippen molar-refractivity contribution in [2.24, 2.45) is 51.8 Å². The van der Waals surface area contributed by atoms with E-state index in [2.05, 4.69) is 27.7 Å². The van der Waals surface area contributed by atoms with Crippen molar-refractivity contribution in [3.8, 4) is 0 Å². The summed E-state index contributed by atoms with van der Waals surface area (Å²) in [4.78, 5) is 11.9. The van der Waals surface area contributed by atoms with E-state index in [0.29, 0.717) is 54.1 Å². The quantitative estimate of drug-likeness (QED) is 0.398. The summed E-state index contributed by atoms with van der Waals surface area (Å²) in [6.07, 6.45) is 11.1. The lowest BCUT2D eigenvalue weighted by atomic mass is 9.62. The summed E-state index contributed by atoms with van der Waals surface area (Å²) in [6.45, 7) is 15.5. The maximum atomic E-state index is 11.9. The van der Waals surface area contributed by atoms with Crippen molar-refractivity contribution in [1.82, 2.24) is 0 Å². The number of esters is 1. The molecular weight excluding hydrogens is 452 g/mol. The molecule has 0 saturated heterocycles. The van der Waals surface area contributed by atoms with Crippen molar-refractivity contribution in [2.45, 2.75) is 125 Å². The minimum atomic E-state index is -0.428. The summed E-state index contributed by atoms with van der Waals surface area (Å²) in [5.74, 6) is 2.76. The summed E-state index contributed by atoms with van der Waals surface area (Å²) in [6, 6.07) is 0. The van der Waals surface area contributed by atoms with Crippen LogP contribution in [0.5, 0.6) is 0 Å². The Kier molecular flexibility index (Phi) is 9.65. The highest BCUT2D eigenvalue weighted by Crippen LogP contribution is 2.58. The number of carbonyl (C=O) groups is 1. The van der Waals surface area contributed by atoms with Crippen molar-refractivity contribution < 1.29 is 24.9 Å². The van der Waals surface area contributed by atoms with Gasteiger partial charge in [-0.3, -0.25) is 4.79 Å². The van der Waals surface area contributed by atoms with Gasteiger partial charge in [0.15, 0.2) is 0 Å². The van der Waals surface area contributed by atoms with E-state index < -0.39 is 5.41 Å². The molecule has 4 fully saturated rings. The molecule has 4 aliphatic rings. The average Bonchev–Trinajstić information content (AvgIpc) is 3.35. The Labute approximate surface area is 220 Å². The number of ether oxygens (including phenoxy) is 1. The van der Waals surface area contributed by atoms with E-state index in [1.54, 1.807) is 0 Å². The third-order valence-corrected chi connectivity index (χ3v) is 11.1. The SMILES string of the molecule is C[C@@H](CO)C1CCC2C(O)CCCC21C.C[C@@H](COC(=O)C(C)(C)C)C1CCC2C(O)CCCC21C. The number of fused-ring (bicyclic) bond motifs is 2. The monoisotopic (exact) mass is 508 g/mol. The van der Waals surface area contributed by atoms with Gasteiger partial charge >= 0.3 is 5.97 Å². The summed E-state index contributed by atoms with van der Waals surface area (Å²) in [7, 11) is 0. The zero-order valence-corrected chi connectivity index (χ0v) is 24.3. The first-order valence-corrected chi connectivity index (χ1v) is 14.9. The average molecular weight is 509 g/mol. The Balaban J connectivity index is 0.000000212. The third-order valence-electron chi connectivity index (χ3n) is 11.1. The highest BCUT2D eigenvalue weighted by atomic mass is 16.5. The Bertz CT molecular complexity index is 731. The molecule has 10 atom stereocenters. The van der Waals surface area contributed by atoms with Crippen LogP contribution in [-0.4, -0.2) is 46.7 Å². The number of carbonyl (C=O) groups excluding carboxylic acids is 1. The molecule has 0 aromatic rings. The Morgan fingerprint density at radius 2 is 1.28 bits per heavy atom. The Hall–Kier alpha value is -0.650. The zero-order chi connectivity index (χ0) is 26.9. The smallest absolute Gasteiger partial charge is 0.311 e. The van der Waals surface area contributed by atoms with E-state index >= 15 is 0 Å². The zero-order valence-electron chi connectivity index (χ0n) is 24.3. The lowest BCUT2D eigenvalue weighted by molar-refractivity contribution is -0.155. The number of aliphatic hydroxyl groups is 3. The molecule has 0 bridgehead atoms. The predicted molar refractivity (Wildman–Crippen MR) is 144 cm³/mol. The molecule has 0 aliphatic heterocycles. The molecule has 210 valence electrons. The number of rotatable bonds is 5. The van der Waals surface area contributed by atoms with Crippen LogP contribution in [0.4, 0.5) is 0 Å². The summed E-state index contributed by atoms with van der Waals surface area (Å²) < 4.78 is 5.53. The van der Waals surface area contributed by atoms with Crippen LogP contribution >= 0.6 is 0 Å². The van der Waals surface area contributed by atoms with Crippen molar-refractivity contribution in [3.05, 3.63) is 0 Å². The molecule has 36 heavy (non-hydrogen) atoms. The molecule has 3 N–H and O–H groups in total. The van der Waals surface area contributed by atoms with Gasteiger partial charge in [-0.1, -0.05) is 40.5 Å². The Morgan fingerprint density at radius 1 is 0.833 bits per heavy atom. The lowest BCUT2D eigenvalue weighted by Crippen LogP contribution is -2.42. The fourth-order valence-electron chi connectivity index (χ4n) is 8.92. The van der Waals surface area contributed by atoms with Gasteiger partial charge in [-0.15, -0.1) is 0 Å². The molecule has 8 unspecified atom stereocenters. The van der Waals surface area contributed by atoms with E-state index in [0.717, 1.165) is 44.9 Å². The summed E-state index contributed by atoms with van der Waals surface area (Å²) in [5.41, 5.74) is 0.0912. The minimum Gasteiger partial charge on any atom is -0.465 e. The first kappa shape index (κ1) is 29.9. The topological polar surface area (TPSA) is 87.0 Å². The standard InChI is InChI=1S/C18H32O3.C13H24O2/c1-12(11-21-16(20)17(2,3)4)13-8-9-14-15(19)7-6-10-18(13,14)5;1-9(8-14)10-5-6-11-12(15)4-3-7-13(10,11)2/h12-15,19H,6-11H2,1-5H3;9-12,14-15H,3-8H2,1-2H3/t12-,13?,14?,15?,18?;9-,10?,11?,12?,13?/m00/s1. The Morgan fingerprint density at radius 3 is 1.69 bits per heavy atom. The van der Waals surface area contributed by atoms with E-state index in [1.165, 1.54) is 19.3 Å². The van der Waals surface area contributed by atoms with Crippen LogP contribution in [0.3, 0.4) is 0 Å². The van der Waals surface area contributed by atoms with Crippen LogP contribution in [-0.2, 0) is 9.53 Å². The fraction of sp³-hybridized carbons (Fsp3) is 0.968. The van der Waals surface area contributed by atoms with Gasteiger partial charge in [-0.2, -0.15) is 0 Å². The number of hydrogen-bond acceptors (Lipinski definition) is 5. The van der Waals surface area contributed by atoms with Gasteiger partial charge in [0, 0.05) is 6.61 Å². The van der Waals surface area contributed by atoms with Crippen LogP contribution in [0.1, 0.15) is 113 Å². The van der Waals surface area contributed by atoms with Crippen molar-refractivity contribution in [3.63, 3.8) is 0 Å². The second-order valence-corrected chi connectivity index (χ2v) is 14.5. The molecule has 5 heteroatoms. The number of hydrogen-bond donors (Lipinski definition) is 3. The molecule has 4 rings (SSSR count).